The van der Waals surface area contributed by atoms with E-state index in [1.807, 2.05) is 25.1 Å². The quantitative estimate of drug-likeness (QED) is 0.908. The molecule has 0 unspecified atom stereocenters. The second kappa shape index (κ2) is 6.42. The molecule has 6 nitrogen and oxygen atoms in total. The first-order valence-electron chi connectivity index (χ1n) is 7.41. The summed E-state index contributed by atoms with van der Waals surface area (Å²) in [6.07, 6.45) is 0. The van der Waals surface area contributed by atoms with Gasteiger partial charge in [-0.1, -0.05) is 17.7 Å². The summed E-state index contributed by atoms with van der Waals surface area (Å²) < 4.78 is 0. The number of hydrogen-bond acceptors (Lipinski definition) is 4. The lowest BCUT2D eigenvalue weighted by Gasteiger charge is -2.36. The number of anilines is 1. The third-order valence-electron chi connectivity index (χ3n) is 3.98. The largest absolute Gasteiger partial charge is 0.368 e. The first-order chi connectivity index (χ1) is 11.0. The number of nitrogens with one attached hydrogen (secondary N) is 1. The number of aromatic nitrogens is 2. The number of H-pyrrole nitrogens is 1. The summed E-state index contributed by atoms with van der Waals surface area (Å²) >= 11 is 6.08. The highest BCUT2D eigenvalue weighted by Gasteiger charge is 2.24. The van der Waals surface area contributed by atoms with Crippen LogP contribution in [0.2, 0.25) is 5.02 Å². The highest BCUT2D eigenvalue weighted by molar-refractivity contribution is 6.30. The van der Waals surface area contributed by atoms with Crippen LogP contribution in [-0.2, 0) is 0 Å². The molecule has 1 amide bonds. The maximum absolute atomic E-state index is 12.4. The number of rotatable bonds is 2. The fraction of sp³-hybridized carbons (Fsp3) is 0.312. The second-order valence-electron chi connectivity index (χ2n) is 5.52. The van der Waals surface area contributed by atoms with Crippen LogP contribution in [0.3, 0.4) is 0 Å². The lowest BCUT2D eigenvalue weighted by Crippen LogP contribution is -2.49. The molecule has 1 aromatic heterocycles. The van der Waals surface area contributed by atoms with E-state index in [0.717, 1.165) is 24.3 Å². The average molecular weight is 333 g/mol. The van der Waals surface area contributed by atoms with Crippen LogP contribution in [0, 0.1) is 6.92 Å². The van der Waals surface area contributed by atoms with Crippen LogP contribution in [0.25, 0.3) is 0 Å². The van der Waals surface area contributed by atoms with E-state index >= 15 is 0 Å². The maximum Gasteiger partial charge on any atom is 0.274 e. The summed E-state index contributed by atoms with van der Waals surface area (Å²) in [5.41, 5.74) is 2.21. The zero-order chi connectivity index (χ0) is 16.4. The third kappa shape index (κ3) is 3.37. The molecule has 1 aliphatic heterocycles. The number of hydrogen-bond donors (Lipinski definition) is 1. The molecular weight excluding hydrogens is 316 g/mol. The first kappa shape index (κ1) is 15.6. The fourth-order valence-corrected chi connectivity index (χ4v) is 2.87. The van der Waals surface area contributed by atoms with E-state index < -0.39 is 0 Å². The van der Waals surface area contributed by atoms with Crippen molar-refractivity contribution in [3.63, 3.8) is 0 Å². The van der Waals surface area contributed by atoms with Gasteiger partial charge in [-0.25, -0.2) is 5.10 Å². The van der Waals surface area contributed by atoms with Crippen molar-refractivity contribution in [2.75, 3.05) is 31.1 Å². The Bertz CT molecular complexity index is 761. The van der Waals surface area contributed by atoms with Crippen LogP contribution in [0.15, 0.2) is 35.1 Å². The molecule has 120 valence electrons. The summed E-state index contributed by atoms with van der Waals surface area (Å²) in [6, 6.07) is 8.60. The van der Waals surface area contributed by atoms with E-state index in [9.17, 15) is 9.59 Å². The van der Waals surface area contributed by atoms with Crippen molar-refractivity contribution in [3.05, 3.63) is 57.0 Å². The van der Waals surface area contributed by atoms with Gasteiger partial charge in [-0.05, 0) is 30.7 Å². The molecule has 7 heteroatoms. The van der Waals surface area contributed by atoms with Crippen molar-refractivity contribution in [2.24, 2.45) is 0 Å². The summed E-state index contributed by atoms with van der Waals surface area (Å²) in [5, 5.41) is 6.80. The second-order valence-corrected chi connectivity index (χ2v) is 5.95. The van der Waals surface area contributed by atoms with E-state index in [1.54, 1.807) is 4.90 Å². The zero-order valence-electron chi connectivity index (χ0n) is 12.8. The molecule has 0 bridgehead atoms. The number of halogens is 1. The van der Waals surface area contributed by atoms with E-state index in [1.165, 1.54) is 12.1 Å². The SMILES string of the molecule is Cc1ccc(Cl)cc1N1CCN(C(=O)c2ccc(=O)[nH]n2)CC1. The Morgan fingerprint density at radius 3 is 2.57 bits per heavy atom. The minimum Gasteiger partial charge on any atom is -0.368 e. The van der Waals surface area contributed by atoms with Gasteiger partial charge in [-0.15, -0.1) is 0 Å². The van der Waals surface area contributed by atoms with Gasteiger partial charge in [0.15, 0.2) is 0 Å². The number of benzene rings is 1. The molecule has 23 heavy (non-hydrogen) atoms. The van der Waals surface area contributed by atoms with E-state index in [2.05, 4.69) is 15.1 Å². The van der Waals surface area contributed by atoms with Crippen molar-refractivity contribution in [2.45, 2.75) is 6.92 Å². The molecule has 2 heterocycles. The zero-order valence-corrected chi connectivity index (χ0v) is 13.5. The van der Waals surface area contributed by atoms with Gasteiger partial charge in [-0.2, -0.15) is 5.10 Å². The molecule has 1 aromatic carbocycles. The Kier molecular flexibility index (Phi) is 4.34. The number of carbonyl (C=O) groups excluding carboxylic acids is 1. The molecule has 2 aromatic rings. The van der Waals surface area contributed by atoms with Crippen LogP contribution in [-0.4, -0.2) is 47.2 Å². The molecule has 0 atom stereocenters. The number of aromatic amines is 1. The van der Waals surface area contributed by atoms with Gasteiger partial charge in [0.05, 0.1) is 0 Å². The summed E-state index contributed by atoms with van der Waals surface area (Å²) in [7, 11) is 0. The summed E-state index contributed by atoms with van der Waals surface area (Å²) in [6.45, 7) is 4.72. The molecule has 1 fully saturated rings. The smallest absolute Gasteiger partial charge is 0.274 e. The number of carbonyl (C=O) groups is 1. The van der Waals surface area contributed by atoms with Gasteiger partial charge < -0.3 is 9.80 Å². The lowest BCUT2D eigenvalue weighted by atomic mass is 10.1. The Balaban J connectivity index is 1.68. The van der Waals surface area contributed by atoms with Crippen molar-refractivity contribution in [3.8, 4) is 0 Å². The summed E-state index contributed by atoms with van der Waals surface area (Å²) in [4.78, 5) is 27.4. The van der Waals surface area contributed by atoms with Crippen molar-refractivity contribution in [1.82, 2.24) is 15.1 Å². The van der Waals surface area contributed by atoms with E-state index in [-0.39, 0.29) is 17.2 Å². The van der Waals surface area contributed by atoms with E-state index in [0.29, 0.717) is 18.1 Å². The van der Waals surface area contributed by atoms with Crippen LogP contribution in [0.1, 0.15) is 16.1 Å². The molecule has 1 saturated heterocycles. The van der Waals surface area contributed by atoms with Crippen molar-refractivity contribution >= 4 is 23.2 Å². The monoisotopic (exact) mass is 332 g/mol. The minimum absolute atomic E-state index is 0.163. The number of piperazine rings is 1. The third-order valence-corrected chi connectivity index (χ3v) is 4.21. The van der Waals surface area contributed by atoms with Gasteiger partial charge in [0.1, 0.15) is 5.69 Å². The predicted molar refractivity (Wildman–Crippen MR) is 89.2 cm³/mol. The molecule has 0 aliphatic carbocycles. The maximum atomic E-state index is 12.4. The Morgan fingerprint density at radius 2 is 1.91 bits per heavy atom. The van der Waals surface area contributed by atoms with Crippen LogP contribution in [0.4, 0.5) is 5.69 Å². The molecule has 0 saturated carbocycles. The van der Waals surface area contributed by atoms with Crippen LogP contribution < -0.4 is 10.5 Å². The molecule has 1 N–H and O–H groups in total. The van der Waals surface area contributed by atoms with Crippen LogP contribution in [0.5, 0.6) is 0 Å². The molecule has 3 rings (SSSR count). The molecule has 1 aliphatic rings. The summed E-state index contributed by atoms with van der Waals surface area (Å²) in [5.74, 6) is -0.163. The molecule has 0 radical (unpaired) electrons. The average Bonchev–Trinajstić information content (AvgIpc) is 2.57. The van der Waals surface area contributed by atoms with Crippen molar-refractivity contribution in [1.29, 1.82) is 0 Å². The Hall–Kier alpha value is -2.34. The fourth-order valence-electron chi connectivity index (χ4n) is 2.70. The normalized spacial score (nSPS) is 14.9. The van der Waals surface area contributed by atoms with Gasteiger partial charge in [-0.3, -0.25) is 9.59 Å². The Labute approximate surface area is 138 Å². The highest BCUT2D eigenvalue weighted by Crippen LogP contribution is 2.25. The predicted octanol–water partition coefficient (Wildman–Crippen LogP) is 1.69. The first-order valence-corrected chi connectivity index (χ1v) is 7.78. The Morgan fingerprint density at radius 1 is 1.17 bits per heavy atom. The van der Waals surface area contributed by atoms with Gasteiger partial charge in [0, 0.05) is 43.0 Å². The van der Waals surface area contributed by atoms with E-state index in [4.69, 9.17) is 11.6 Å². The molecular formula is C16H17ClN4O2. The van der Waals surface area contributed by atoms with Crippen molar-refractivity contribution < 1.29 is 4.79 Å². The molecule has 0 spiro atoms. The highest BCUT2D eigenvalue weighted by atomic mass is 35.5. The minimum atomic E-state index is -0.317. The van der Waals surface area contributed by atoms with Crippen LogP contribution >= 0.6 is 11.6 Å². The standard InChI is InChI=1S/C16H17ClN4O2/c1-11-2-3-12(17)10-14(11)20-6-8-21(9-7-20)16(23)13-4-5-15(22)19-18-13/h2-5,10H,6-9H2,1H3,(H,19,22). The number of amides is 1. The van der Waals surface area contributed by atoms with Gasteiger partial charge >= 0.3 is 0 Å². The van der Waals surface area contributed by atoms with Gasteiger partial charge in [0.2, 0.25) is 0 Å². The lowest BCUT2D eigenvalue weighted by molar-refractivity contribution is 0.0739. The number of nitrogens with zero attached hydrogens (tertiary/aromatic N) is 3. The van der Waals surface area contributed by atoms with Gasteiger partial charge in [0.25, 0.3) is 11.5 Å². The number of aryl methyl sites for hydroxylation is 1. The topological polar surface area (TPSA) is 69.3 Å².